The van der Waals surface area contributed by atoms with Crippen LogP contribution in [0.15, 0.2) is 29.0 Å². The minimum Gasteiger partial charge on any atom is -0.322 e. The Hall–Kier alpha value is -1.40. The lowest BCUT2D eigenvalue weighted by Gasteiger charge is -2.09. The quantitative estimate of drug-likeness (QED) is 0.652. The Morgan fingerprint density at radius 1 is 1.43 bits per heavy atom. The number of aryl methyl sites for hydroxylation is 1. The molecule has 0 radical (unpaired) electrons. The summed E-state index contributed by atoms with van der Waals surface area (Å²) in [5.41, 5.74) is 2.48. The summed E-state index contributed by atoms with van der Waals surface area (Å²) in [5, 5.41) is 3.90. The van der Waals surface area contributed by atoms with Crippen LogP contribution in [0.2, 0.25) is 0 Å². The molecule has 110 valence electrons. The first-order valence-corrected chi connectivity index (χ1v) is 7.65. The molecule has 1 aromatic carbocycles. The van der Waals surface area contributed by atoms with Crippen LogP contribution >= 0.6 is 27.5 Å². The van der Waals surface area contributed by atoms with E-state index in [-0.39, 0.29) is 11.2 Å². The molecule has 0 aliphatic carbocycles. The monoisotopic (exact) mass is 370 g/mol. The molecule has 0 fully saturated rings. The zero-order chi connectivity index (χ0) is 15.1. The molecule has 7 heteroatoms. The number of hydrogen-bond donors (Lipinski definition) is 0. The molecular formula is C14H13BrClFN4. The molecule has 21 heavy (non-hydrogen) atoms. The highest BCUT2D eigenvalue weighted by atomic mass is 79.9. The van der Waals surface area contributed by atoms with Crippen molar-refractivity contribution in [3.05, 3.63) is 46.2 Å². The summed E-state index contributed by atoms with van der Waals surface area (Å²) in [6.45, 7) is 2.45. The Morgan fingerprint density at radius 2 is 2.19 bits per heavy atom. The van der Waals surface area contributed by atoms with E-state index in [4.69, 9.17) is 11.6 Å². The first-order chi connectivity index (χ1) is 9.95. The second-order valence-corrected chi connectivity index (χ2v) is 6.46. The van der Waals surface area contributed by atoms with E-state index >= 15 is 0 Å². The molecule has 4 nitrogen and oxygen atoms in total. The number of rotatable bonds is 3. The molecule has 0 aliphatic heterocycles. The van der Waals surface area contributed by atoms with Gasteiger partial charge in [0.2, 0.25) is 0 Å². The fourth-order valence-corrected chi connectivity index (χ4v) is 2.84. The van der Waals surface area contributed by atoms with Gasteiger partial charge in [0.15, 0.2) is 0 Å². The van der Waals surface area contributed by atoms with Crippen molar-refractivity contribution in [1.29, 1.82) is 0 Å². The highest BCUT2D eigenvalue weighted by Crippen LogP contribution is 2.29. The number of aromatic nitrogens is 4. The van der Waals surface area contributed by atoms with Crippen molar-refractivity contribution < 1.29 is 4.39 Å². The lowest BCUT2D eigenvalue weighted by molar-refractivity contribution is 0.622. The van der Waals surface area contributed by atoms with Gasteiger partial charge < -0.3 is 4.57 Å². The molecule has 0 amide bonds. The summed E-state index contributed by atoms with van der Waals surface area (Å²) in [4.78, 5) is 4.46. The van der Waals surface area contributed by atoms with Gasteiger partial charge in [-0.25, -0.2) is 9.37 Å². The van der Waals surface area contributed by atoms with Gasteiger partial charge in [-0.2, -0.15) is 5.10 Å². The summed E-state index contributed by atoms with van der Waals surface area (Å²) >= 11 is 9.44. The molecule has 3 rings (SSSR count). The molecular weight excluding hydrogens is 359 g/mol. The third kappa shape index (κ3) is 2.70. The van der Waals surface area contributed by atoms with Crippen LogP contribution in [0.3, 0.4) is 0 Å². The molecule has 0 bridgehead atoms. The number of imidazole rings is 1. The Kier molecular flexibility index (Phi) is 3.75. The van der Waals surface area contributed by atoms with Crippen LogP contribution in [0.4, 0.5) is 4.39 Å². The maximum Gasteiger partial charge on any atom is 0.139 e. The van der Waals surface area contributed by atoms with Gasteiger partial charge in [0.25, 0.3) is 0 Å². The summed E-state index contributed by atoms with van der Waals surface area (Å²) in [6, 6.07) is 3.15. The van der Waals surface area contributed by atoms with Crippen LogP contribution in [0, 0.1) is 5.82 Å². The van der Waals surface area contributed by atoms with Crippen LogP contribution in [-0.2, 0) is 13.6 Å². The Bertz CT molecular complexity index is 809. The Morgan fingerprint density at radius 3 is 2.81 bits per heavy atom. The lowest BCUT2D eigenvalue weighted by Crippen LogP contribution is -2.05. The minimum atomic E-state index is -0.331. The van der Waals surface area contributed by atoms with Crippen LogP contribution < -0.4 is 0 Å². The van der Waals surface area contributed by atoms with E-state index in [1.54, 1.807) is 16.9 Å². The van der Waals surface area contributed by atoms with Crippen molar-refractivity contribution in [2.24, 2.45) is 7.05 Å². The third-order valence-electron chi connectivity index (χ3n) is 3.27. The SMILES string of the molecule is CC(Cl)c1nc2cc(F)c(Br)cc2n1Cc1cnn(C)c1. The van der Waals surface area contributed by atoms with Gasteiger partial charge in [-0.1, -0.05) is 0 Å². The van der Waals surface area contributed by atoms with Crippen molar-refractivity contribution in [1.82, 2.24) is 19.3 Å². The van der Waals surface area contributed by atoms with Gasteiger partial charge >= 0.3 is 0 Å². The Labute approximate surface area is 134 Å². The average molecular weight is 372 g/mol. The van der Waals surface area contributed by atoms with E-state index in [0.29, 0.717) is 22.4 Å². The van der Waals surface area contributed by atoms with Gasteiger partial charge in [-0.3, -0.25) is 4.68 Å². The second kappa shape index (κ2) is 5.42. The fourth-order valence-electron chi connectivity index (χ4n) is 2.34. The van der Waals surface area contributed by atoms with Crippen LogP contribution in [0.25, 0.3) is 11.0 Å². The maximum absolute atomic E-state index is 13.7. The van der Waals surface area contributed by atoms with Gasteiger partial charge in [-0.15, -0.1) is 11.6 Å². The predicted octanol–water partition coefficient (Wildman–Crippen LogP) is 4.02. The van der Waals surface area contributed by atoms with Crippen molar-refractivity contribution in [2.45, 2.75) is 18.8 Å². The summed E-state index contributed by atoms with van der Waals surface area (Å²) in [5.74, 6) is 0.385. The number of fused-ring (bicyclic) bond motifs is 1. The highest BCUT2D eigenvalue weighted by Gasteiger charge is 2.17. The lowest BCUT2D eigenvalue weighted by atomic mass is 10.3. The summed E-state index contributed by atoms with van der Waals surface area (Å²) in [7, 11) is 1.87. The number of benzene rings is 1. The first-order valence-electron chi connectivity index (χ1n) is 6.42. The van der Waals surface area contributed by atoms with E-state index in [1.165, 1.54) is 6.07 Å². The van der Waals surface area contributed by atoms with E-state index in [9.17, 15) is 4.39 Å². The number of alkyl halides is 1. The molecule has 2 heterocycles. The zero-order valence-corrected chi connectivity index (χ0v) is 13.9. The van der Waals surface area contributed by atoms with E-state index < -0.39 is 0 Å². The summed E-state index contributed by atoms with van der Waals surface area (Å²) in [6.07, 6.45) is 3.74. The van der Waals surface area contributed by atoms with Gasteiger partial charge in [0.1, 0.15) is 11.6 Å². The highest BCUT2D eigenvalue weighted by molar-refractivity contribution is 9.10. The number of nitrogens with zero attached hydrogens (tertiary/aromatic N) is 4. The van der Waals surface area contributed by atoms with Crippen LogP contribution in [0.5, 0.6) is 0 Å². The molecule has 0 aliphatic rings. The number of hydrogen-bond acceptors (Lipinski definition) is 2. The Balaban J connectivity index is 2.17. The smallest absolute Gasteiger partial charge is 0.139 e. The standard InChI is InChI=1S/C14H13BrClFN4/c1-8(16)14-19-12-4-11(17)10(15)3-13(12)21(14)7-9-5-18-20(2)6-9/h3-6,8H,7H2,1-2H3. The van der Waals surface area contributed by atoms with Crippen LogP contribution in [-0.4, -0.2) is 19.3 Å². The molecule has 0 saturated heterocycles. The fraction of sp³-hybridized carbons (Fsp3) is 0.286. The maximum atomic E-state index is 13.7. The number of halogens is 3. The molecule has 1 atom stereocenters. The topological polar surface area (TPSA) is 35.6 Å². The zero-order valence-electron chi connectivity index (χ0n) is 11.5. The normalized spacial score (nSPS) is 13.0. The van der Waals surface area contributed by atoms with Crippen molar-refractivity contribution >= 4 is 38.6 Å². The van der Waals surface area contributed by atoms with Crippen molar-refractivity contribution in [3.63, 3.8) is 0 Å². The minimum absolute atomic E-state index is 0.268. The van der Waals surface area contributed by atoms with Gasteiger partial charge in [-0.05, 0) is 28.9 Å². The molecule has 0 saturated carbocycles. The van der Waals surface area contributed by atoms with E-state index in [2.05, 4.69) is 26.0 Å². The average Bonchev–Trinajstić information content (AvgIpc) is 2.96. The van der Waals surface area contributed by atoms with Crippen molar-refractivity contribution in [3.8, 4) is 0 Å². The van der Waals surface area contributed by atoms with Crippen LogP contribution in [0.1, 0.15) is 23.7 Å². The molecule has 3 aromatic rings. The van der Waals surface area contributed by atoms with Gasteiger partial charge in [0.05, 0.1) is 33.6 Å². The van der Waals surface area contributed by atoms with E-state index in [0.717, 1.165) is 11.1 Å². The molecule has 0 spiro atoms. The molecule has 2 aromatic heterocycles. The van der Waals surface area contributed by atoms with Gasteiger partial charge in [0, 0.05) is 24.9 Å². The molecule has 1 unspecified atom stereocenters. The summed E-state index contributed by atoms with van der Waals surface area (Å²) < 4.78 is 17.8. The van der Waals surface area contributed by atoms with Crippen molar-refractivity contribution in [2.75, 3.05) is 0 Å². The molecule has 0 N–H and O–H groups in total. The second-order valence-electron chi connectivity index (χ2n) is 4.95. The largest absolute Gasteiger partial charge is 0.322 e. The first kappa shape index (κ1) is 14.5. The predicted molar refractivity (Wildman–Crippen MR) is 84.0 cm³/mol. The third-order valence-corrected chi connectivity index (χ3v) is 4.08. The van der Waals surface area contributed by atoms with E-state index in [1.807, 2.05) is 24.7 Å².